The second-order valence-corrected chi connectivity index (χ2v) is 8.53. The van der Waals surface area contributed by atoms with Gasteiger partial charge in [-0.3, -0.25) is 9.59 Å². The van der Waals surface area contributed by atoms with Gasteiger partial charge in [0.15, 0.2) is 16.7 Å². The summed E-state index contributed by atoms with van der Waals surface area (Å²) in [6, 6.07) is 11.6. The van der Waals surface area contributed by atoms with Crippen LogP contribution >= 0.6 is 11.8 Å². The van der Waals surface area contributed by atoms with E-state index in [1.165, 1.54) is 23.9 Å². The number of nitrogens with one attached hydrogen (secondary N) is 1. The van der Waals surface area contributed by atoms with Gasteiger partial charge in [-0.25, -0.2) is 4.39 Å². The SMILES string of the molecule is CCOc1cc(C2CC(=O)Nc3c2c(=O)nc(SCc2ccc(F)cc2)n3C)ccc1OC. The number of hydrogen-bond donors (Lipinski definition) is 1. The van der Waals surface area contributed by atoms with Gasteiger partial charge in [0.25, 0.3) is 5.56 Å². The number of anilines is 1. The Kier molecular flexibility index (Phi) is 6.69. The largest absolute Gasteiger partial charge is 0.493 e. The molecule has 1 aliphatic heterocycles. The first-order valence-corrected chi connectivity index (χ1v) is 11.5. The Balaban J connectivity index is 1.71. The maximum Gasteiger partial charge on any atom is 0.279 e. The molecule has 3 aromatic rings. The number of carbonyl (C=O) groups excluding carboxylic acids is 1. The van der Waals surface area contributed by atoms with Crippen LogP contribution in [0.15, 0.2) is 52.4 Å². The summed E-state index contributed by atoms with van der Waals surface area (Å²) in [6.07, 6.45) is 0.129. The van der Waals surface area contributed by atoms with Crippen molar-refractivity contribution >= 4 is 23.5 Å². The molecule has 1 N–H and O–H groups in total. The molecule has 0 saturated carbocycles. The lowest BCUT2D eigenvalue weighted by atomic mass is 9.86. The van der Waals surface area contributed by atoms with E-state index in [-0.39, 0.29) is 23.7 Å². The van der Waals surface area contributed by atoms with Crippen molar-refractivity contribution in [1.82, 2.24) is 9.55 Å². The van der Waals surface area contributed by atoms with Gasteiger partial charge in [-0.05, 0) is 42.3 Å². The van der Waals surface area contributed by atoms with Crippen LogP contribution in [-0.2, 0) is 17.6 Å². The summed E-state index contributed by atoms with van der Waals surface area (Å²) >= 11 is 1.35. The number of rotatable bonds is 7. The zero-order chi connectivity index (χ0) is 23.5. The topological polar surface area (TPSA) is 82.5 Å². The number of hydrogen-bond acceptors (Lipinski definition) is 6. The van der Waals surface area contributed by atoms with E-state index in [0.717, 1.165) is 11.1 Å². The molecule has 0 bridgehead atoms. The van der Waals surface area contributed by atoms with Crippen molar-refractivity contribution in [3.8, 4) is 11.5 Å². The number of carbonyl (C=O) groups is 1. The number of nitrogens with zero attached hydrogens (tertiary/aromatic N) is 2. The quantitative estimate of drug-likeness (QED) is 0.415. The summed E-state index contributed by atoms with van der Waals surface area (Å²) < 4.78 is 25.9. The predicted molar refractivity (Wildman–Crippen MR) is 125 cm³/mol. The Morgan fingerprint density at radius 2 is 1.94 bits per heavy atom. The van der Waals surface area contributed by atoms with Crippen LogP contribution in [0, 0.1) is 5.82 Å². The molecule has 1 amide bonds. The van der Waals surface area contributed by atoms with Crippen molar-refractivity contribution in [3.63, 3.8) is 0 Å². The van der Waals surface area contributed by atoms with Crippen LogP contribution in [0.4, 0.5) is 10.2 Å². The lowest BCUT2D eigenvalue weighted by Gasteiger charge is -2.28. The first kappa shape index (κ1) is 22.8. The molecule has 4 rings (SSSR count). The number of methoxy groups -OCH3 is 1. The molecule has 1 aliphatic rings. The third kappa shape index (κ3) is 4.73. The number of ether oxygens (including phenoxy) is 2. The molecule has 33 heavy (non-hydrogen) atoms. The van der Waals surface area contributed by atoms with Crippen molar-refractivity contribution in [2.45, 2.75) is 30.2 Å². The molecule has 0 fully saturated rings. The lowest BCUT2D eigenvalue weighted by molar-refractivity contribution is -0.116. The fraction of sp³-hybridized carbons (Fsp3) is 0.292. The van der Waals surface area contributed by atoms with Crippen LogP contribution in [0.25, 0.3) is 0 Å². The Morgan fingerprint density at radius 3 is 2.64 bits per heavy atom. The average molecular weight is 470 g/mol. The van der Waals surface area contributed by atoms with Crippen LogP contribution in [0.2, 0.25) is 0 Å². The number of aromatic nitrogens is 2. The lowest BCUT2D eigenvalue weighted by Crippen LogP contribution is -2.33. The predicted octanol–water partition coefficient (Wildman–Crippen LogP) is 4.09. The van der Waals surface area contributed by atoms with Crippen molar-refractivity contribution in [1.29, 1.82) is 0 Å². The molecule has 0 radical (unpaired) electrons. The smallest absolute Gasteiger partial charge is 0.279 e. The minimum absolute atomic E-state index is 0.129. The van der Waals surface area contributed by atoms with Gasteiger partial charge >= 0.3 is 0 Å². The average Bonchev–Trinajstić information content (AvgIpc) is 2.81. The maximum absolute atomic E-state index is 13.2. The highest BCUT2D eigenvalue weighted by Gasteiger charge is 2.32. The van der Waals surface area contributed by atoms with E-state index in [1.807, 2.05) is 19.1 Å². The van der Waals surface area contributed by atoms with Gasteiger partial charge in [0.05, 0.1) is 19.3 Å². The zero-order valence-electron chi connectivity index (χ0n) is 18.6. The third-order valence-electron chi connectivity index (χ3n) is 5.47. The van der Waals surface area contributed by atoms with Gasteiger partial charge in [0.2, 0.25) is 5.91 Å². The highest BCUT2D eigenvalue weighted by atomic mass is 32.2. The van der Waals surface area contributed by atoms with E-state index in [4.69, 9.17) is 9.47 Å². The number of benzene rings is 2. The summed E-state index contributed by atoms with van der Waals surface area (Å²) in [5.74, 6) is 1.14. The van der Waals surface area contributed by atoms with Crippen LogP contribution in [0.5, 0.6) is 11.5 Å². The molecule has 2 aromatic carbocycles. The summed E-state index contributed by atoms with van der Waals surface area (Å²) in [7, 11) is 3.33. The minimum atomic E-state index is -0.457. The molecule has 1 unspecified atom stereocenters. The summed E-state index contributed by atoms with van der Waals surface area (Å²) in [6.45, 7) is 2.33. The standard InChI is InChI=1S/C24H24FN3O4S/c1-4-32-19-11-15(7-10-18(19)31-3)17-12-20(29)26-22-21(17)23(30)27-24(28(22)2)33-13-14-5-8-16(25)9-6-14/h5-11,17H,4,12-13H2,1-3H3,(H,26,29). The van der Waals surface area contributed by atoms with Crippen LogP contribution in [0.1, 0.15) is 36.0 Å². The Hall–Kier alpha value is -3.33. The van der Waals surface area contributed by atoms with Crippen molar-refractivity contribution in [3.05, 3.63) is 75.3 Å². The molecule has 1 aromatic heterocycles. The molecule has 9 heteroatoms. The van der Waals surface area contributed by atoms with Gasteiger partial charge in [-0.2, -0.15) is 4.98 Å². The van der Waals surface area contributed by atoms with Gasteiger partial charge in [-0.15, -0.1) is 0 Å². The van der Waals surface area contributed by atoms with Crippen LogP contribution in [-0.4, -0.2) is 29.2 Å². The normalized spacial score (nSPS) is 15.0. The van der Waals surface area contributed by atoms with Gasteiger partial charge in [-0.1, -0.05) is 30.0 Å². The monoisotopic (exact) mass is 469 g/mol. The highest BCUT2D eigenvalue weighted by Crippen LogP contribution is 2.39. The first-order chi connectivity index (χ1) is 15.9. The van der Waals surface area contributed by atoms with E-state index < -0.39 is 5.92 Å². The van der Waals surface area contributed by atoms with Crippen molar-refractivity contribution in [2.24, 2.45) is 7.05 Å². The van der Waals surface area contributed by atoms with E-state index in [1.54, 1.807) is 36.9 Å². The molecule has 1 atom stereocenters. The van der Waals surface area contributed by atoms with E-state index in [9.17, 15) is 14.0 Å². The van der Waals surface area contributed by atoms with Gasteiger partial charge < -0.3 is 19.4 Å². The number of amides is 1. The summed E-state index contributed by atoms with van der Waals surface area (Å²) in [5.41, 5.74) is 1.73. The molecule has 2 heterocycles. The maximum atomic E-state index is 13.2. The summed E-state index contributed by atoms with van der Waals surface area (Å²) in [5, 5.41) is 3.31. The number of thioether (sulfide) groups is 1. The first-order valence-electron chi connectivity index (χ1n) is 10.5. The zero-order valence-corrected chi connectivity index (χ0v) is 19.4. The molecule has 0 spiro atoms. The Morgan fingerprint density at radius 1 is 1.18 bits per heavy atom. The molecular weight excluding hydrogens is 445 g/mol. The van der Waals surface area contributed by atoms with E-state index in [0.29, 0.717) is 40.4 Å². The van der Waals surface area contributed by atoms with Gasteiger partial charge in [0, 0.05) is 25.1 Å². The highest BCUT2D eigenvalue weighted by molar-refractivity contribution is 7.98. The molecular formula is C24H24FN3O4S. The second-order valence-electron chi connectivity index (χ2n) is 7.58. The Bertz CT molecular complexity index is 1240. The van der Waals surface area contributed by atoms with Gasteiger partial charge in [0.1, 0.15) is 11.6 Å². The van der Waals surface area contributed by atoms with E-state index in [2.05, 4.69) is 10.3 Å². The molecule has 0 aliphatic carbocycles. The number of halogens is 1. The molecule has 172 valence electrons. The van der Waals surface area contributed by atoms with Crippen LogP contribution in [0.3, 0.4) is 0 Å². The fourth-order valence-electron chi connectivity index (χ4n) is 3.86. The van der Waals surface area contributed by atoms with Crippen LogP contribution < -0.4 is 20.3 Å². The fourth-order valence-corrected chi connectivity index (χ4v) is 4.78. The third-order valence-corrected chi connectivity index (χ3v) is 6.57. The Labute approximate surface area is 194 Å². The van der Waals surface area contributed by atoms with Crippen molar-refractivity contribution in [2.75, 3.05) is 19.0 Å². The minimum Gasteiger partial charge on any atom is -0.493 e. The second kappa shape index (κ2) is 9.66. The number of fused-ring (bicyclic) bond motifs is 1. The van der Waals surface area contributed by atoms with Crippen molar-refractivity contribution < 1.29 is 18.7 Å². The molecule has 0 saturated heterocycles. The molecule has 7 nitrogen and oxygen atoms in total. The van der Waals surface area contributed by atoms with E-state index >= 15 is 0 Å². The summed E-state index contributed by atoms with van der Waals surface area (Å²) in [4.78, 5) is 30.0.